The molecule has 106 valence electrons. The summed E-state index contributed by atoms with van der Waals surface area (Å²) in [4.78, 5) is 10.8. The second-order valence-electron chi connectivity index (χ2n) is 4.97. The molecule has 1 atom stereocenters. The predicted octanol–water partition coefficient (Wildman–Crippen LogP) is 3.89. The van der Waals surface area contributed by atoms with Crippen molar-refractivity contribution in [1.82, 2.24) is 4.57 Å². The summed E-state index contributed by atoms with van der Waals surface area (Å²) >= 11 is 0. The van der Waals surface area contributed by atoms with Crippen LogP contribution in [0.3, 0.4) is 0 Å². The van der Waals surface area contributed by atoms with Gasteiger partial charge in [-0.15, -0.1) is 0 Å². The van der Waals surface area contributed by atoms with Gasteiger partial charge in [-0.3, -0.25) is 4.79 Å². The molecule has 0 amide bonds. The summed E-state index contributed by atoms with van der Waals surface area (Å²) in [6.45, 7) is 5.64. The van der Waals surface area contributed by atoms with Gasteiger partial charge in [0.1, 0.15) is 12.4 Å². The van der Waals surface area contributed by atoms with Crippen LogP contribution in [-0.4, -0.2) is 17.5 Å². The molecule has 20 heavy (non-hydrogen) atoms. The zero-order chi connectivity index (χ0) is 14.4. The van der Waals surface area contributed by atoms with E-state index in [1.54, 1.807) is 6.07 Å². The number of benzene rings is 1. The molecule has 0 aliphatic rings. The predicted molar refractivity (Wildman–Crippen MR) is 80.5 cm³/mol. The van der Waals surface area contributed by atoms with E-state index in [4.69, 9.17) is 4.74 Å². The minimum atomic E-state index is 0.554. The SMILES string of the molecule is CCC(C)c1ccc(OCCn2cccc2C=O)cc1. The van der Waals surface area contributed by atoms with Gasteiger partial charge in [-0.2, -0.15) is 0 Å². The Labute approximate surface area is 120 Å². The molecule has 0 saturated heterocycles. The number of ether oxygens (including phenoxy) is 1. The zero-order valence-corrected chi connectivity index (χ0v) is 12.1. The van der Waals surface area contributed by atoms with Crippen LogP contribution < -0.4 is 4.74 Å². The molecule has 0 aliphatic carbocycles. The smallest absolute Gasteiger partial charge is 0.166 e. The molecular weight excluding hydrogens is 250 g/mol. The lowest BCUT2D eigenvalue weighted by atomic mass is 9.99. The van der Waals surface area contributed by atoms with Crippen LogP contribution in [-0.2, 0) is 6.54 Å². The molecule has 2 aromatic rings. The number of aldehydes is 1. The lowest BCUT2D eigenvalue weighted by Gasteiger charge is -2.11. The molecular formula is C17H21NO2. The number of carbonyl (C=O) groups excluding carboxylic acids is 1. The van der Waals surface area contributed by atoms with Crippen LogP contribution in [0.15, 0.2) is 42.6 Å². The number of hydrogen-bond acceptors (Lipinski definition) is 2. The molecule has 0 bridgehead atoms. The van der Waals surface area contributed by atoms with Crippen LogP contribution in [0.2, 0.25) is 0 Å². The van der Waals surface area contributed by atoms with Crippen molar-refractivity contribution in [1.29, 1.82) is 0 Å². The third kappa shape index (κ3) is 3.50. The van der Waals surface area contributed by atoms with Crippen LogP contribution >= 0.6 is 0 Å². The van der Waals surface area contributed by atoms with Gasteiger partial charge in [0.05, 0.1) is 12.2 Å². The number of rotatable bonds is 7. The highest BCUT2D eigenvalue weighted by molar-refractivity contribution is 5.72. The minimum absolute atomic E-state index is 0.554. The maximum Gasteiger partial charge on any atom is 0.166 e. The molecule has 3 heteroatoms. The Morgan fingerprint density at radius 1 is 1.25 bits per heavy atom. The van der Waals surface area contributed by atoms with E-state index in [0.717, 1.165) is 18.5 Å². The monoisotopic (exact) mass is 271 g/mol. The quantitative estimate of drug-likeness (QED) is 0.715. The van der Waals surface area contributed by atoms with Crippen molar-refractivity contribution in [2.45, 2.75) is 32.7 Å². The van der Waals surface area contributed by atoms with E-state index < -0.39 is 0 Å². The molecule has 0 fully saturated rings. The van der Waals surface area contributed by atoms with Gasteiger partial charge in [0, 0.05) is 6.20 Å². The van der Waals surface area contributed by atoms with Crippen LogP contribution in [0, 0.1) is 0 Å². The number of nitrogens with zero attached hydrogens (tertiary/aromatic N) is 1. The summed E-state index contributed by atoms with van der Waals surface area (Å²) in [6.07, 6.45) is 3.89. The highest BCUT2D eigenvalue weighted by Gasteiger charge is 2.03. The molecule has 0 saturated carbocycles. The van der Waals surface area contributed by atoms with Gasteiger partial charge >= 0.3 is 0 Å². The van der Waals surface area contributed by atoms with Crippen molar-refractivity contribution in [2.24, 2.45) is 0 Å². The average molecular weight is 271 g/mol. The Balaban J connectivity index is 1.87. The van der Waals surface area contributed by atoms with Gasteiger partial charge in [0.2, 0.25) is 0 Å². The third-order valence-corrected chi connectivity index (χ3v) is 3.65. The molecule has 1 aromatic heterocycles. The van der Waals surface area contributed by atoms with Crippen LogP contribution in [0.5, 0.6) is 5.75 Å². The van der Waals surface area contributed by atoms with E-state index in [1.807, 2.05) is 29.0 Å². The molecule has 2 rings (SSSR count). The fourth-order valence-corrected chi connectivity index (χ4v) is 2.13. The van der Waals surface area contributed by atoms with Crippen molar-refractivity contribution in [2.75, 3.05) is 6.61 Å². The van der Waals surface area contributed by atoms with E-state index >= 15 is 0 Å². The van der Waals surface area contributed by atoms with Crippen molar-refractivity contribution < 1.29 is 9.53 Å². The van der Waals surface area contributed by atoms with Gasteiger partial charge < -0.3 is 9.30 Å². The van der Waals surface area contributed by atoms with Gasteiger partial charge in [0.15, 0.2) is 6.29 Å². The Hall–Kier alpha value is -2.03. The summed E-state index contributed by atoms with van der Waals surface area (Å²) in [5, 5.41) is 0. The normalized spacial score (nSPS) is 12.1. The molecule has 0 N–H and O–H groups in total. The second kappa shape index (κ2) is 6.94. The lowest BCUT2D eigenvalue weighted by Crippen LogP contribution is -2.09. The average Bonchev–Trinajstić information content (AvgIpc) is 2.94. The van der Waals surface area contributed by atoms with E-state index in [1.165, 1.54) is 5.56 Å². The second-order valence-corrected chi connectivity index (χ2v) is 4.97. The highest BCUT2D eigenvalue weighted by atomic mass is 16.5. The first-order valence-corrected chi connectivity index (χ1v) is 7.07. The molecule has 1 unspecified atom stereocenters. The standard InChI is InChI=1S/C17H21NO2/c1-3-14(2)15-6-8-17(9-7-15)20-12-11-18-10-4-5-16(18)13-19/h4-10,13-14H,3,11-12H2,1-2H3. The maximum atomic E-state index is 10.8. The first-order valence-electron chi connectivity index (χ1n) is 7.07. The summed E-state index contributed by atoms with van der Waals surface area (Å²) < 4.78 is 7.60. The van der Waals surface area contributed by atoms with E-state index in [0.29, 0.717) is 24.8 Å². The summed E-state index contributed by atoms with van der Waals surface area (Å²) in [6, 6.07) is 11.9. The van der Waals surface area contributed by atoms with Crippen LogP contribution in [0.4, 0.5) is 0 Å². The number of carbonyl (C=O) groups is 1. The highest BCUT2D eigenvalue weighted by Crippen LogP contribution is 2.21. The molecule has 0 aliphatic heterocycles. The van der Waals surface area contributed by atoms with Gasteiger partial charge in [-0.25, -0.2) is 0 Å². The van der Waals surface area contributed by atoms with E-state index in [9.17, 15) is 4.79 Å². The summed E-state index contributed by atoms with van der Waals surface area (Å²) in [7, 11) is 0. The first-order chi connectivity index (χ1) is 9.74. The fourth-order valence-electron chi connectivity index (χ4n) is 2.13. The molecule has 1 heterocycles. The van der Waals surface area contributed by atoms with Crippen molar-refractivity contribution in [3.8, 4) is 5.75 Å². The van der Waals surface area contributed by atoms with E-state index in [-0.39, 0.29) is 0 Å². The fraction of sp³-hybridized carbons (Fsp3) is 0.353. The lowest BCUT2D eigenvalue weighted by molar-refractivity contribution is 0.111. The number of aromatic nitrogens is 1. The molecule has 1 aromatic carbocycles. The zero-order valence-electron chi connectivity index (χ0n) is 12.1. The minimum Gasteiger partial charge on any atom is -0.492 e. The van der Waals surface area contributed by atoms with Gasteiger partial charge in [0.25, 0.3) is 0 Å². The van der Waals surface area contributed by atoms with E-state index in [2.05, 4.69) is 26.0 Å². The topological polar surface area (TPSA) is 31.2 Å². The number of hydrogen-bond donors (Lipinski definition) is 0. The van der Waals surface area contributed by atoms with Crippen molar-refractivity contribution in [3.05, 3.63) is 53.9 Å². The van der Waals surface area contributed by atoms with Gasteiger partial charge in [-0.1, -0.05) is 26.0 Å². The van der Waals surface area contributed by atoms with Gasteiger partial charge in [-0.05, 0) is 42.2 Å². The third-order valence-electron chi connectivity index (χ3n) is 3.65. The Kier molecular flexibility index (Phi) is 4.99. The first kappa shape index (κ1) is 14.4. The maximum absolute atomic E-state index is 10.8. The molecule has 0 radical (unpaired) electrons. The summed E-state index contributed by atoms with van der Waals surface area (Å²) in [5.74, 6) is 1.45. The van der Waals surface area contributed by atoms with Crippen molar-refractivity contribution >= 4 is 6.29 Å². The Morgan fingerprint density at radius 2 is 2.00 bits per heavy atom. The molecule has 3 nitrogen and oxygen atoms in total. The Morgan fingerprint density at radius 3 is 2.65 bits per heavy atom. The largest absolute Gasteiger partial charge is 0.492 e. The summed E-state index contributed by atoms with van der Waals surface area (Å²) in [5.41, 5.74) is 2.02. The van der Waals surface area contributed by atoms with Crippen LogP contribution in [0.25, 0.3) is 0 Å². The van der Waals surface area contributed by atoms with Crippen molar-refractivity contribution in [3.63, 3.8) is 0 Å². The van der Waals surface area contributed by atoms with Crippen LogP contribution in [0.1, 0.15) is 42.2 Å². The molecule has 0 spiro atoms. The Bertz CT molecular complexity index is 542.